The Morgan fingerprint density at radius 1 is 1.10 bits per heavy atom. The number of nitro groups is 1. The summed E-state index contributed by atoms with van der Waals surface area (Å²) >= 11 is 3.43. The summed E-state index contributed by atoms with van der Waals surface area (Å²) in [5.41, 5.74) is 1.23. The van der Waals surface area contributed by atoms with E-state index in [2.05, 4.69) is 36.7 Å². The lowest BCUT2D eigenvalue weighted by atomic mass is 10.3. The van der Waals surface area contributed by atoms with Crippen LogP contribution in [0.1, 0.15) is 26.5 Å². The number of nitrogens with zero attached hydrogens (tertiary/aromatic N) is 2. The predicted molar refractivity (Wildman–Crippen MR) is 120 cm³/mol. The highest BCUT2D eigenvalue weighted by Gasteiger charge is 2.41. The van der Waals surface area contributed by atoms with Crippen LogP contribution in [0.15, 0.2) is 74.3 Å². The van der Waals surface area contributed by atoms with Crippen molar-refractivity contribution in [3.63, 3.8) is 0 Å². The van der Waals surface area contributed by atoms with Crippen molar-refractivity contribution >= 4 is 40.1 Å². The highest BCUT2D eigenvalue weighted by Crippen LogP contribution is 2.62. The molecule has 1 atom stereocenters. The number of hydrogen-bond acceptors (Lipinski definition) is 5. The van der Waals surface area contributed by atoms with Crippen LogP contribution < -0.4 is 10.0 Å². The molecule has 0 aliphatic carbocycles. The summed E-state index contributed by atoms with van der Waals surface area (Å²) in [6.45, 7) is 8.06. The second-order valence-corrected chi connectivity index (χ2v) is 11.7. The van der Waals surface area contributed by atoms with Crippen molar-refractivity contribution in [2.24, 2.45) is 4.74 Å². The van der Waals surface area contributed by atoms with Crippen molar-refractivity contribution < 1.29 is 13.9 Å². The number of halogens is 1. The maximum absolute atomic E-state index is 11.1. The average Bonchev–Trinajstić information content (AvgIpc) is 3.09. The molecule has 3 rings (SSSR count). The molecule has 0 aliphatic rings. The summed E-state index contributed by atoms with van der Waals surface area (Å²) in [6, 6.07) is 17.8. The number of aryl methyl sites for hydroxylation is 1. The van der Waals surface area contributed by atoms with Crippen molar-refractivity contribution in [2.45, 2.75) is 32.9 Å². The largest absolute Gasteiger partial charge is 0.457 e. The molecular formula is C21H22BrN2O4P. The van der Waals surface area contributed by atoms with E-state index in [0.29, 0.717) is 21.4 Å². The lowest BCUT2D eigenvalue weighted by molar-refractivity contribution is -0.384. The average molecular weight is 477 g/mol. The number of non-ortho nitro benzene ring substituents is 1. The van der Waals surface area contributed by atoms with E-state index >= 15 is 0 Å². The van der Waals surface area contributed by atoms with Crippen molar-refractivity contribution in [1.82, 2.24) is 0 Å². The summed E-state index contributed by atoms with van der Waals surface area (Å²) in [5, 5.41) is 10.7. The molecule has 3 aromatic rings. The summed E-state index contributed by atoms with van der Waals surface area (Å²) in [4.78, 5) is 10.7. The number of nitro benzene ring substituents is 1. The molecule has 0 N–H and O–H groups in total. The van der Waals surface area contributed by atoms with E-state index in [-0.39, 0.29) is 5.69 Å². The molecule has 0 saturated heterocycles. The fourth-order valence-corrected chi connectivity index (χ4v) is 6.30. The summed E-state index contributed by atoms with van der Waals surface area (Å²) in [5.74, 6) is 1.45. The molecule has 0 bridgehead atoms. The van der Waals surface area contributed by atoms with Gasteiger partial charge in [0.15, 0.2) is 5.50 Å². The van der Waals surface area contributed by atoms with Crippen LogP contribution in [0, 0.1) is 17.0 Å². The van der Waals surface area contributed by atoms with Gasteiger partial charge in [0.1, 0.15) is 11.5 Å². The summed E-state index contributed by atoms with van der Waals surface area (Å²) in [6.07, 6.45) is 0. The topological polar surface area (TPSA) is 77.9 Å². The first kappa shape index (κ1) is 21.3. The Labute approximate surface area is 178 Å². The van der Waals surface area contributed by atoms with E-state index in [9.17, 15) is 10.1 Å². The molecule has 6 nitrogen and oxygen atoms in total. The Hall–Kier alpha value is -2.37. The Morgan fingerprint density at radius 3 is 2.31 bits per heavy atom. The fourth-order valence-electron chi connectivity index (χ4n) is 2.79. The first-order chi connectivity index (χ1) is 13.6. The van der Waals surface area contributed by atoms with Gasteiger partial charge in [-0.2, -0.15) is 0 Å². The molecule has 0 radical (unpaired) electrons. The highest BCUT2D eigenvalue weighted by molar-refractivity contribution is 9.10. The van der Waals surface area contributed by atoms with Crippen molar-refractivity contribution in [1.29, 1.82) is 0 Å². The van der Waals surface area contributed by atoms with Gasteiger partial charge in [0.25, 0.3) is 5.69 Å². The normalized spacial score (nSPS) is 13.6. The van der Waals surface area contributed by atoms with Gasteiger partial charge in [-0.25, -0.2) is 4.74 Å². The van der Waals surface area contributed by atoms with Gasteiger partial charge in [-0.05, 0) is 53.2 Å². The predicted octanol–water partition coefficient (Wildman–Crippen LogP) is 7.21. The molecule has 8 heteroatoms. The standard InChI is InChI=1S/C21H22BrN2O4P/c1-15-10-13-20(27-15)29(21(2,3)4,28-17-8-6-5-7-9-17)23-19-12-11-16(24(25)26)14-18(19)22/h5-14H,1-4H3/t29-/m0/s1. The van der Waals surface area contributed by atoms with E-state index in [1.54, 1.807) is 6.07 Å². The molecule has 0 saturated carbocycles. The Morgan fingerprint density at radius 2 is 1.79 bits per heavy atom. The number of hydrogen-bond donors (Lipinski definition) is 0. The molecule has 0 unspecified atom stereocenters. The zero-order valence-corrected chi connectivity index (χ0v) is 19.1. The maximum Gasteiger partial charge on any atom is 0.270 e. The van der Waals surface area contributed by atoms with E-state index in [0.717, 1.165) is 5.76 Å². The molecule has 0 amide bonds. The number of furan rings is 1. The van der Waals surface area contributed by atoms with Crippen LogP contribution in [0.2, 0.25) is 0 Å². The highest BCUT2D eigenvalue weighted by atomic mass is 79.9. The van der Waals surface area contributed by atoms with Crippen LogP contribution in [-0.2, 0) is 0 Å². The van der Waals surface area contributed by atoms with Crippen molar-refractivity contribution in [2.75, 3.05) is 0 Å². The SMILES string of the molecule is Cc1ccc([P@](=Nc2ccc([N+](=O)[O-])cc2Br)(Oc2ccccc2)C(C)(C)C)o1. The van der Waals surface area contributed by atoms with Crippen LogP contribution >= 0.6 is 23.2 Å². The molecule has 0 spiro atoms. The first-order valence-electron chi connectivity index (χ1n) is 9.00. The minimum atomic E-state index is -2.76. The quantitative estimate of drug-likeness (QED) is 0.221. The molecule has 0 aliphatic heterocycles. The summed E-state index contributed by atoms with van der Waals surface area (Å²) in [7, 11) is -2.76. The number of benzene rings is 2. The maximum atomic E-state index is 11.1. The lowest BCUT2D eigenvalue weighted by Gasteiger charge is -2.35. The van der Waals surface area contributed by atoms with Crippen LogP contribution in [0.25, 0.3) is 0 Å². The monoisotopic (exact) mass is 476 g/mol. The van der Waals surface area contributed by atoms with E-state index < -0.39 is 17.4 Å². The third-order valence-corrected chi connectivity index (χ3v) is 8.57. The second kappa shape index (κ2) is 8.17. The minimum absolute atomic E-state index is 0.00617. The molecular weight excluding hydrogens is 455 g/mol. The molecule has 2 aromatic carbocycles. The zero-order chi connectivity index (χ0) is 21.2. The first-order valence-corrected chi connectivity index (χ1v) is 11.5. The van der Waals surface area contributed by atoms with Gasteiger partial charge in [-0.1, -0.05) is 39.0 Å². The number of para-hydroxylation sites is 1. The summed E-state index contributed by atoms with van der Waals surface area (Å²) < 4.78 is 18.2. The number of rotatable bonds is 5. The molecule has 29 heavy (non-hydrogen) atoms. The van der Waals surface area contributed by atoms with E-state index in [4.69, 9.17) is 13.7 Å². The third kappa shape index (κ3) is 4.46. The van der Waals surface area contributed by atoms with Crippen LogP contribution in [-0.4, -0.2) is 10.1 Å². The molecule has 0 fully saturated rings. The van der Waals surface area contributed by atoms with Crippen LogP contribution in [0.5, 0.6) is 5.75 Å². The van der Waals surface area contributed by atoms with E-state index in [1.807, 2.05) is 49.4 Å². The molecule has 1 aromatic heterocycles. The van der Waals surface area contributed by atoms with Crippen LogP contribution in [0.3, 0.4) is 0 Å². The zero-order valence-electron chi connectivity index (χ0n) is 16.6. The Bertz CT molecular complexity index is 1090. The lowest BCUT2D eigenvalue weighted by Crippen LogP contribution is -2.26. The van der Waals surface area contributed by atoms with Gasteiger partial charge in [-0.15, -0.1) is 0 Å². The molecule has 1 heterocycles. The van der Waals surface area contributed by atoms with Gasteiger partial charge in [-0.3, -0.25) is 10.1 Å². The van der Waals surface area contributed by atoms with Gasteiger partial charge < -0.3 is 8.94 Å². The van der Waals surface area contributed by atoms with Gasteiger partial charge >= 0.3 is 0 Å². The molecule has 152 valence electrons. The Kier molecular flexibility index (Phi) is 6.01. The van der Waals surface area contributed by atoms with Crippen molar-refractivity contribution in [3.8, 4) is 5.75 Å². The third-order valence-electron chi connectivity index (χ3n) is 4.31. The van der Waals surface area contributed by atoms with Crippen LogP contribution in [0.4, 0.5) is 11.4 Å². The second-order valence-electron chi connectivity index (χ2n) is 7.53. The van der Waals surface area contributed by atoms with Crippen molar-refractivity contribution in [3.05, 3.63) is 81.0 Å². The minimum Gasteiger partial charge on any atom is -0.457 e. The van der Waals surface area contributed by atoms with E-state index in [1.165, 1.54) is 12.1 Å². The Balaban J connectivity index is 2.29. The van der Waals surface area contributed by atoms with Gasteiger partial charge in [0.2, 0.25) is 7.28 Å². The smallest absolute Gasteiger partial charge is 0.270 e. The van der Waals surface area contributed by atoms with Gasteiger partial charge in [0.05, 0.1) is 15.1 Å². The fraction of sp³-hybridized carbons (Fsp3) is 0.238. The van der Waals surface area contributed by atoms with Gasteiger partial charge in [0, 0.05) is 17.3 Å².